The van der Waals surface area contributed by atoms with E-state index in [0.29, 0.717) is 17.8 Å². The van der Waals surface area contributed by atoms with Gasteiger partial charge in [-0.1, -0.05) is 74.0 Å². The summed E-state index contributed by atoms with van der Waals surface area (Å²) in [7, 11) is 0. The molecule has 2 fully saturated rings. The van der Waals surface area contributed by atoms with Gasteiger partial charge in [0.15, 0.2) is 0 Å². The lowest BCUT2D eigenvalue weighted by atomic mass is 9.70. The van der Waals surface area contributed by atoms with Crippen LogP contribution in [0.3, 0.4) is 0 Å². The molecule has 2 saturated carbocycles. The van der Waals surface area contributed by atoms with E-state index in [4.69, 9.17) is 9.47 Å². The molecule has 0 aromatic rings. The van der Waals surface area contributed by atoms with Gasteiger partial charge < -0.3 is 9.47 Å². The molecule has 4 nitrogen and oxygen atoms in total. The highest BCUT2D eigenvalue weighted by molar-refractivity contribution is 5.77. The summed E-state index contributed by atoms with van der Waals surface area (Å²) < 4.78 is 12.6. The maximum atomic E-state index is 13.7. The molecule has 0 heterocycles. The number of ether oxygens (including phenoxy) is 2. The molecule has 0 spiro atoms. The first-order chi connectivity index (χ1) is 17.0. The smallest absolute Gasteiger partial charge is 0.312 e. The third-order valence-electron chi connectivity index (χ3n) is 10.8. The highest BCUT2D eigenvalue weighted by Gasteiger charge is 2.56. The first-order valence-corrected chi connectivity index (χ1v) is 15.1. The maximum absolute atomic E-state index is 13.7. The van der Waals surface area contributed by atoms with Crippen molar-refractivity contribution in [1.29, 1.82) is 0 Å². The number of allylic oxidation sites excluding steroid dienone is 2. The Kier molecular flexibility index (Phi) is 8.73. The van der Waals surface area contributed by atoms with Crippen molar-refractivity contribution in [2.45, 2.75) is 139 Å². The van der Waals surface area contributed by atoms with Gasteiger partial charge in [-0.3, -0.25) is 9.59 Å². The number of rotatable bonds is 12. The summed E-state index contributed by atoms with van der Waals surface area (Å²) in [6, 6.07) is 0. The number of carbonyl (C=O) groups excluding carboxylic acids is 2. The van der Waals surface area contributed by atoms with Crippen LogP contribution in [0, 0.1) is 46.3 Å². The Bertz CT molecular complexity index is 875. The minimum atomic E-state index is -0.503. The van der Waals surface area contributed by atoms with Crippen molar-refractivity contribution in [2.24, 2.45) is 46.3 Å². The van der Waals surface area contributed by atoms with Crippen molar-refractivity contribution in [3.05, 3.63) is 11.6 Å². The molecule has 3 aliphatic carbocycles. The molecule has 0 aromatic carbocycles. The van der Waals surface area contributed by atoms with Crippen LogP contribution in [-0.4, -0.2) is 23.1 Å². The number of esters is 2. The van der Waals surface area contributed by atoms with Crippen molar-refractivity contribution in [1.82, 2.24) is 0 Å². The summed E-state index contributed by atoms with van der Waals surface area (Å²) >= 11 is 0. The predicted molar refractivity (Wildman–Crippen MR) is 151 cm³/mol. The normalized spacial score (nSPS) is 29.8. The highest BCUT2D eigenvalue weighted by Crippen LogP contribution is 2.60. The molecule has 0 aromatic heterocycles. The molecule has 0 saturated heterocycles. The largest absolute Gasteiger partial charge is 0.459 e. The average molecular weight is 517 g/mol. The fourth-order valence-corrected chi connectivity index (χ4v) is 7.30. The Morgan fingerprint density at radius 3 is 2.19 bits per heavy atom. The molecule has 0 radical (unpaired) electrons. The summed E-state index contributed by atoms with van der Waals surface area (Å²) in [5.41, 5.74) is 0.288. The summed E-state index contributed by atoms with van der Waals surface area (Å²) in [5, 5.41) is 0. The van der Waals surface area contributed by atoms with E-state index in [-0.39, 0.29) is 40.7 Å². The van der Waals surface area contributed by atoms with Gasteiger partial charge in [-0.15, -0.1) is 0 Å². The van der Waals surface area contributed by atoms with E-state index in [0.717, 1.165) is 44.9 Å². The van der Waals surface area contributed by atoms with E-state index in [1.165, 1.54) is 6.42 Å². The molecule has 0 amide bonds. The van der Waals surface area contributed by atoms with Gasteiger partial charge in [0.2, 0.25) is 0 Å². The molecule has 2 bridgehead atoms. The van der Waals surface area contributed by atoms with Gasteiger partial charge in [-0.2, -0.15) is 0 Å². The van der Waals surface area contributed by atoms with Gasteiger partial charge in [0.05, 0.1) is 11.3 Å². The maximum Gasteiger partial charge on any atom is 0.312 e. The van der Waals surface area contributed by atoms with Crippen molar-refractivity contribution >= 4 is 11.9 Å². The zero-order chi connectivity index (χ0) is 28.0. The predicted octanol–water partition coefficient (Wildman–Crippen LogP) is 8.53. The molecular formula is C33H56O4. The Morgan fingerprint density at radius 2 is 1.62 bits per heavy atom. The zero-order valence-electron chi connectivity index (χ0n) is 25.8. The first-order valence-electron chi connectivity index (χ1n) is 15.1. The van der Waals surface area contributed by atoms with Crippen molar-refractivity contribution in [3.63, 3.8) is 0 Å². The van der Waals surface area contributed by atoms with E-state index in [1.54, 1.807) is 5.57 Å². The lowest BCUT2D eigenvalue weighted by molar-refractivity contribution is -0.176. The lowest BCUT2D eigenvalue weighted by Crippen LogP contribution is -2.43. The van der Waals surface area contributed by atoms with Crippen LogP contribution in [0.1, 0.15) is 128 Å². The van der Waals surface area contributed by atoms with Gasteiger partial charge in [-0.05, 0) is 100 Å². The van der Waals surface area contributed by atoms with Crippen LogP contribution in [0.4, 0.5) is 0 Å². The second kappa shape index (κ2) is 10.7. The van der Waals surface area contributed by atoms with Crippen LogP contribution in [0.25, 0.3) is 0 Å². The first kappa shape index (κ1) is 30.2. The summed E-state index contributed by atoms with van der Waals surface area (Å²) in [6.07, 6.45) is 9.85. The highest BCUT2D eigenvalue weighted by atomic mass is 16.6. The number of carbonyl (C=O) groups is 2. The molecule has 3 rings (SSSR count). The van der Waals surface area contributed by atoms with Crippen LogP contribution in [0.5, 0.6) is 0 Å². The summed E-state index contributed by atoms with van der Waals surface area (Å²) in [4.78, 5) is 26.8. The second-order valence-electron chi connectivity index (χ2n) is 15.1. The Morgan fingerprint density at radius 1 is 1.00 bits per heavy atom. The fraction of sp³-hybridized carbons (Fsp3) is 0.879. The van der Waals surface area contributed by atoms with E-state index in [2.05, 4.69) is 75.3 Å². The Hall–Kier alpha value is -1.32. The summed E-state index contributed by atoms with van der Waals surface area (Å²) in [6.45, 7) is 23.4. The van der Waals surface area contributed by atoms with Crippen LogP contribution in [-0.2, 0) is 19.1 Å². The fourth-order valence-electron chi connectivity index (χ4n) is 7.30. The van der Waals surface area contributed by atoms with Crippen molar-refractivity contribution in [3.8, 4) is 0 Å². The van der Waals surface area contributed by atoms with E-state index >= 15 is 0 Å². The molecule has 0 aliphatic heterocycles. The topological polar surface area (TPSA) is 52.6 Å². The van der Waals surface area contributed by atoms with Gasteiger partial charge in [0.25, 0.3) is 0 Å². The molecule has 3 aliphatic rings. The van der Waals surface area contributed by atoms with Crippen LogP contribution in [0.15, 0.2) is 11.6 Å². The standard InChI is InChI=1S/C33H56O4/c1-12-31(10,29(35)37-33-17-23(6)15-25-16-26(19-33)27(25)20-33)14-13-30(8,9)18-24(7)28(34)36-32(11,21(2)3)22(4)5/h15,21-24,26-27H,12-14,16-20H2,1-11H3. The Labute approximate surface area is 227 Å². The van der Waals surface area contributed by atoms with Crippen molar-refractivity contribution < 1.29 is 19.1 Å². The van der Waals surface area contributed by atoms with E-state index < -0.39 is 11.0 Å². The van der Waals surface area contributed by atoms with Crippen LogP contribution < -0.4 is 0 Å². The lowest BCUT2D eigenvalue weighted by Gasteiger charge is -2.39. The second-order valence-corrected chi connectivity index (χ2v) is 15.1. The van der Waals surface area contributed by atoms with Crippen molar-refractivity contribution in [2.75, 3.05) is 0 Å². The van der Waals surface area contributed by atoms with Gasteiger partial charge in [0.1, 0.15) is 11.2 Å². The van der Waals surface area contributed by atoms with Gasteiger partial charge >= 0.3 is 11.9 Å². The third-order valence-corrected chi connectivity index (χ3v) is 10.8. The van der Waals surface area contributed by atoms with Crippen LogP contribution in [0.2, 0.25) is 0 Å². The minimum Gasteiger partial charge on any atom is -0.459 e. The molecular weight excluding hydrogens is 460 g/mol. The molecule has 212 valence electrons. The van der Waals surface area contributed by atoms with Crippen LogP contribution >= 0.6 is 0 Å². The molecule has 6 atom stereocenters. The zero-order valence-corrected chi connectivity index (χ0v) is 25.8. The van der Waals surface area contributed by atoms with E-state index in [9.17, 15) is 9.59 Å². The monoisotopic (exact) mass is 516 g/mol. The van der Waals surface area contributed by atoms with Gasteiger partial charge in [-0.25, -0.2) is 0 Å². The molecule has 37 heavy (non-hydrogen) atoms. The Balaban J connectivity index is 1.59. The quantitative estimate of drug-likeness (QED) is 0.193. The molecule has 4 heteroatoms. The SMILES string of the molecule is CCC(C)(CCC(C)(C)CC(C)C(=O)OC(C)(C(C)C)C(C)C)C(=O)OC12CC(C)C=C3CC(C1)C3C2. The molecule has 0 N–H and O–H groups in total. The third kappa shape index (κ3) is 6.30. The van der Waals surface area contributed by atoms with E-state index in [1.807, 2.05) is 6.92 Å². The van der Waals surface area contributed by atoms with Gasteiger partial charge in [0, 0.05) is 0 Å². The average Bonchev–Trinajstić information content (AvgIpc) is 3.00. The number of hydrogen-bond acceptors (Lipinski definition) is 4. The molecule has 6 unspecified atom stereocenters. The minimum absolute atomic E-state index is 0.0140. The number of hydrogen-bond donors (Lipinski definition) is 0. The number of fused-ring (bicyclic) bond motifs is 1. The summed E-state index contributed by atoms with van der Waals surface area (Å²) in [5.74, 6) is 2.04.